The molecule has 0 aliphatic heterocycles. The quantitative estimate of drug-likeness (QED) is 0.449. The lowest BCUT2D eigenvalue weighted by Gasteiger charge is -2.11. The van der Waals surface area contributed by atoms with Crippen molar-refractivity contribution in [1.82, 2.24) is 15.5 Å². The predicted octanol–water partition coefficient (Wildman–Crippen LogP) is 5.03. The zero-order valence-corrected chi connectivity index (χ0v) is 17.3. The zero-order valence-electron chi connectivity index (χ0n) is 17.3. The molecule has 0 unspecified atom stereocenters. The molecule has 0 radical (unpaired) electrons. The Hall–Kier alpha value is -3.67. The monoisotopic (exact) mass is 413 g/mol. The highest BCUT2D eigenvalue weighted by molar-refractivity contribution is 6.19. The second kappa shape index (κ2) is 7.87. The van der Waals surface area contributed by atoms with Gasteiger partial charge in [-0.15, -0.1) is 0 Å². The van der Waals surface area contributed by atoms with Crippen LogP contribution in [0, 0.1) is 6.92 Å². The van der Waals surface area contributed by atoms with Crippen LogP contribution >= 0.6 is 0 Å². The number of aromatic nitrogens is 2. The van der Waals surface area contributed by atoms with E-state index in [1.165, 1.54) is 12.8 Å². The third-order valence-corrected chi connectivity index (χ3v) is 6.02. The van der Waals surface area contributed by atoms with E-state index in [1.807, 2.05) is 36.4 Å². The minimum absolute atomic E-state index is 0.0717. The van der Waals surface area contributed by atoms with Crippen molar-refractivity contribution in [2.75, 3.05) is 0 Å². The summed E-state index contributed by atoms with van der Waals surface area (Å²) in [5, 5.41) is 7.99. The molecule has 5 rings (SSSR count). The smallest absolute Gasteiger partial charge is 0.251 e. The van der Waals surface area contributed by atoms with Crippen molar-refractivity contribution in [3.63, 3.8) is 0 Å². The average Bonchev–Trinajstić information content (AvgIpc) is 3.53. The molecular formula is C25H23N3O3. The Morgan fingerprint density at radius 3 is 2.65 bits per heavy atom. The Labute approximate surface area is 179 Å². The van der Waals surface area contributed by atoms with Gasteiger partial charge in [0.15, 0.2) is 0 Å². The number of hydrogen-bond donors (Lipinski definition) is 2. The number of nitrogens with zero attached hydrogens (tertiary/aromatic N) is 1. The van der Waals surface area contributed by atoms with E-state index in [4.69, 9.17) is 4.52 Å². The highest BCUT2D eigenvalue weighted by Crippen LogP contribution is 2.30. The number of benzene rings is 2. The summed E-state index contributed by atoms with van der Waals surface area (Å²) < 4.78 is 5.36. The summed E-state index contributed by atoms with van der Waals surface area (Å²) in [6, 6.07) is 15.2. The van der Waals surface area contributed by atoms with Gasteiger partial charge in [-0.25, -0.2) is 0 Å². The normalized spacial score (nSPS) is 14.2. The molecule has 1 aliphatic rings. The van der Waals surface area contributed by atoms with Crippen LogP contribution in [0.25, 0.3) is 22.2 Å². The highest BCUT2D eigenvalue weighted by Gasteiger charge is 2.25. The Morgan fingerprint density at radius 1 is 1.10 bits per heavy atom. The van der Waals surface area contributed by atoms with Gasteiger partial charge < -0.3 is 14.8 Å². The maximum atomic E-state index is 13.4. The van der Waals surface area contributed by atoms with Gasteiger partial charge >= 0.3 is 0 Å². The molecule has 1 saturated carbocycles. The van der Waals surface area contributed by atoms with Gasteiger partial charge in [-0.05, 0) is 31.9 Å². The lowest BCUT2D eigenvalue weighted by Crippen LogP contribution is -2.32. The first-order valence-corrected chi connectivity index (χ1v) is 10.6. The predicted molar refractivity (Wildman–Crippen MR) is 118 cm³/mol. The van der Waals surface area contributed by atoms with Crippen molar-refractivity contribution in [2.24, 2.45) is 0 Å². The number of rotatable bonds is 5. The maximum absolute atomic E-state index is 13.4. The number of carbonyl (C=O) groups excluding carboxylic acids is 2. The van der Waals surface area contributed by atoms with Crippen molar-refractivity contribution in [3.8, 4) is 11.3 Å². The van der Waals surface area contributed by atoms with E-state index in [0.717, 1.165) is 29.3 Å². The van der Waals surface area contributed by atoms with E-state index >= 15 is 0 Å². The average molecular weight is 413 g/mol. The van der Waals surface area contributed by atoms with E-state index in [9.17, 15) is 9.59 Å². The fraction of sp³-hybridized carbons (Fsp3) is 0.240. The highest BCUT2D eigenvalue weighted by atomic mass is 16.5. The second-order valence-corrected chi connectivity index (χ2v) is 8.08. The number of carbonyl (C=O) groups is 2. The van der Waals surface area contributed by atoms with Gasteiger partial charge in [0, 0.05) is 39.8 Å². The molecule has 0 saturated heterocycles. The Balaban J connectivity index is 1.47. The van der Waals surface area contributed by atoms with Gasteiger partial charge in [0.1, 0.15) is 11.5 Å². The van der Waals surface area contributed by atoms with E-state index in [0.29, 0.717) is 28.1 Å². The third kappa shape index (κ3) is 3.54. The number of aryl methyl sites for hydroxylation is 1. The van der Waals surface area contributed by atoms with Crippen LogP contribution in [0.15, 0.2) is 59.3 Å². The molecule has 156 valence electrons. The van der Waals surface area contributed by atoms with Crippen LogP contribution < -0.4 is 5.32 Å². The molecule has 2 N–H and O–H groups in total. The third-order valence-electron chi connectivity index (χ3n) is 6.02. The summed E-state index contributed by atoms with van der Waals surface area (Å²) in [6.07, 6.45) is 6.10. The van der Waals surface area contributed by atoms with E-state index in [-0.39, 0.29) is 17.7 Å². The van der Waals surface area contributed by atoms with Crippen molar-refractivity contribution in [1.29, 1.82) is 0 Å². The number of fused-ring (bicyclic) bond motifs is 1. The molecule has 2 heterocycles. The molecule has 0 spiro atoms. The molecule has 6 nitrogen and oxygen atoms in total. The molecule has 4 aromatic rings. The van der Waals surface area contributed by atoms with Gasteiger partial charge in [-0.3, -0.25) is 9.59 Å². The molecule has 1 fully saturated rings. The van der Waals surface area contributed by atoms with Gasteiger partial charge in [0.2, 0.25) is 5.78 Å². The van der Waals surface area contributed by atoms with Gasteiger partial charge in [0.05, 0.1) is 5.56 Å². The van der Waals surface area contributed by atoms with Crippen LogP contribution in [0.5, 0.6) is 0 Å². The standard InChI is InChI=1S/C25H23N3O3/c1-15-22(23(28-31-15)16-7-3-2-4-8-16)24(29)20-14-26-21-13-17(11-12-19(20)21)25(30)27-18-9-5-6-10-18/h2-4,7-8,11-14,18,26H,5-6,9-10H2,1H3,(H,27,30). The summed E-state index contributed by atoms with van der Waals surface area (Å²) in [4.78, 5) is 29.2. The van der Waals surface area contributed by atoms with Gasteiger partial charge in [0.25, 0.3) is 5.91 Å². The topological polar surface area (TPSA) is 88.0 Å². The number of hydrogen-bond acceptors (Lipinski definition) is 4. The van der Waals surface area contributed by atoms with Gasteiger partial charge in [-0.2, -0.15) is 0 Å². The Bertz CT molecular complexity index is 1260. The Morgan fingerprint density at radius 2 is 1.87 bits per heavy atom. The molecule has 2 aromatic heterocycles. The largest absolute Gasteiger partial charge is 0.360 e. The second-order valence-electron chi connectivity index (χ2n) is 8.08. The first kappa shape index (κ1) is 19.3. The van der Waals surface area contributed by atoms with Crippen molar-refractivity contribution >= 4 is 22.6 Å². The van der Waals surface area contributed by atoms with Crippen LogP contribution in [0.2, 0.25) is 0 Å². The fourth-order valence-corrected chi connectivity index (χ4v) is 4.36. The summed E-state index contributed by atoms with van der Waals surface area (Å²) >= 11 is 0. The number of ketones is 1. The minimum Gasteiger partial charge on any atom is -0.360 e. The van der Waals surface area contributed by atoms with E-state index < -0.39 is 0 Å². The van der Waals surface area contributed by atoms with Crippen LogP contribution in [0.4, 0.5) is 0 Å². The first-order valence-electron chi connectivity index (χ1n) is 10.6. The molecule has 1 aliphatic carbocycles. The van der Waals surface area contributed by atoms with Crippen molar-refractivity contribution in [3.05, 3.63) is 77.2 Å². The van der Waals surface area contributed by atoms with Crippen LogP contribution in [0.1, 0.15) is 57.7 Å². The summed E-state index contributed by atoms with van der Waals surface area (Å²) in [5.41, 5.74) is 3.68. The number of nitrogens with one attached hydrogen (secondary N) is 2. The number of aromatic amines is 1. The molecule has 1 amide bonds. The Kier molecular flexibility index (Phi) is 4.90. The SMILES string of the molecule is Cc1onc(-c2ccccc2)c1C(=O)c1c[nH]c2cc(C(=O)NC3CCCC3)ccc12. The van der Waals surface area contributed by atoms with Crippen LogP contribution in [-0.2, 0) is 0 Å². The van der Waals surface area contributed by atoms with E-state index in [2.05, 4.69) is 15.5 Å². The van der Waals surface area contributed by atoms with Crippen LogP contribution in [0.3, 0.4) is 0 Å². The van der Waals surface area contributed by atoms with Crippen molar-refractivity contribution in [2.45, 2.75) is 38.6 Å². The summed E-state index contributed by atoms with van der Waals surface area (Å²) in [6.45, 7) is 1.74. The maximum Gasteiger partial charge on any atom is 0.251 e. The van der Waals surface area contributed by atoms with Crippen LogP contribution in [-0.4, -0.2) is 27.9 Å². The van der Waals surface area contributed by atoms with Gasteiger partial charge in [-0.1, -0.05) is 54.4 Å². The fourth-order valence-electron chi connectivity index (χ4n) is 4.36. The first-order chi connectivity index (χ1) is 15.1. The number of H-pyrrole nitrogens is 1. The number of amides is 1. The van der Waals surface area contributed by atoms with E-state index in [1.54, 1.807) is 25.3 Å². The molecular weight excluding hydrogens is 390 g/mol. The molecule has 0 atom stereocenters. The molecule has 31 heavy (non-hydrogen) atoms. The molecule has 0 bridgehead atoms. The minimum atomic E-state index is -0.160. The molecule has 6 heteroatoms. The summed E-state index contributed by atoms with van der Waals surface area (Å²) in [7, 11) is 0. The zero-order chi connectivity index (χ0) is 21.4. The summed E-state index contributed by atoms with van der Waals surface area (Å²) in [5.74, 6) is 0.246. The lowest BCUT2D eigenvalue weighted by molar-refractivity contribution is 0.0937. The lowest BCUT2D eigenvalue weighted by atomic mass is 9.97. The van der Waals surface area contributed by atoms with Crippen molar-refractivity contribution < 1.29 is 14.1 Å². The molecule has 2 aromatic carbocycles.